The van der Waals surface area contributed by atoms with Gasteiger partial charge in [0.25, 0.3) is 22.2 Å². The van der Waals surface area contributed by atoms with Crippen LogP contribution in [0.2, 0.25) is 0 Å². The first-order chi connectivity index (χ1) is 24.3. The molecule has 256 valence electrons. The smallest absolute Gasteiger partial charge is 0.266 e. The lowest BCUT2D eigenvalue weighted by molar-refractivity contribution is 0.470. The Morgan fingerprint density at radius 1 is 0.510 bits per heavy atom. The van der Waals surface area contributed by atoms with E-state index >= 15 is 0 Å². The molecule has 0 aliphatic rings. The van der Waals surface area contributed by atoms with Gasteiger partial charge in [-0.05, 0) is 89.2 Å². The minimum atomic E-state index is -0.568. The third-order valence-electron chi connectivity index (χ3n) is 10.3. The Bertz CT molecular complexity index is 2570. The van der Waals surface area contributed by atoms with Gasteiger partial charge in [0.1, 0.15) is 23.0 Å². The number of nitrogens with zero attached hydrogens (tertiary/aromatic N) is 2. The summed E-state index contributed by atoms with van der Waals surface area (Å²) in [6.07, 6.45) is 1.04. The normalized spacial score (nSPS) is 12.1. The Kier molecular flexibility index (Phi) is 8.13. The van der Waals surface area contributed by atoms with Gasteiger partial charge in [0.15, 0.2) is 0 Å². The van der Waals surface area contributed by atoms with E-state index in [-0.39, 0.29) is 32.4 Å². The second kappa shape index (κ2) is 12.4. The summed E-state index contributed by atoms with van der Waals surface area (Å²) < 4.78 is 14.4. The van der Waals surface area contributed by atoms with Gasteiger partial charge in [-0.15, -0.1) is 0 Å². The van der Waals surface area contributed by atoms with Crippen LogP contribution >= 0.6 is 0 Å². The van der Waals surface area contributed by atoms with Gasteiger partial charge in [-0.25, -0.2) is 4.57 Å². The standard InChI is InChI=1S/C43H38N2O6/c1-7-42(2,3)28-10-8-12-32(22-28)50-30-18-14-26(15-19-30)43(4,5)27-16-20-31(21-17-27)51-33-13-9-11-29(23-33)45-40(48)36-24-34-35(25-37(36)41(45)49)39(47)44(6)38(34)46/h8-25H,7H2,1-6H3. The van der Waals surface area contributed by atoms with Gasteiger partial charge < -0.3 is 9.47 Å². The van der Waals surface area contributed by atoms with E-state index in [0.717, 1.165) is 38.2 Å². The molecule has 0 aliphatic heterocycles. The molecule has 0 spiro atoms. The summed E-state index contributed by atoms with van der Waals surface area (Å²) in [5.41, 5.74) is 1.41. The molecule has 8 nitrogen and oxygen atoms in total. The van der Waals surface area contributed by atoms with E-state index in [9.17, 15) is 19.2 Å². The molecule has 0 fully saturated rings. The Hall–Kier alpha value is -6.02. The zero-order chi connectivity index (χ0) is 36.2. The lowest BCUT2D eigenvalue weighted by Gasteiger charge is -2.26. The van der Waals surface area contributed by atoms with E-state index in [2.05, 4.69) is 58.9 Å². The van der Waals surface area contributed by atoms with Crippen molar-refractivity contribution in [3.8, 4) is 28.7 Å². The van der Waals surface area contributed by atoms with Crippen molar-refractivity contribution in [3.63, 3.8) is 0 Å². The molecule has 0 bridgehead atoms. The van der Waals surface area contributed by atoms with Gasteiger partial charge in [0.2, 0.25) is 0 Å². The van der Waals surface area contributed by atoms with Crippen LogP contribution in [0.4, 0.5) is 0 Å². The van der Waals surface area contributed by atoms with Crippen LogP contribution in [0.3, 0.4) is 0 Å². The van der Waals surface area contributed by atoms with Crippen molar-refractivity contribution in [3.05, 3.63) is 167 Å². The van der Waals surface area contributed by atoms with Crippen LogP contribution in [0, 0.1) is 0 Å². The molecule has 0 radical (unpaired) electrons. The SMILES string of the molecule is CCC(C)(C)c1cccc(Oc2ccc(C(C)(C)c3ccc(Oc4cccc(-n5c(=O)c6cc7c(=O)n(C)c(=O)c7cc6c5=O)c4)cc3)cc2)c1. The van der Waals surface area contributed by atoms with Gasteiger partial charge in [0, 0.05) is 18.5 Å². The fourth-order valence-corrected chi connectivity index (χ4v) is 6.52. The topological polar surface area (TPSA) is 96.6 Å². The van der Waals surface area contributed by atoms with Crippen LogP contribution in [0.5, 0.6) is 23.0 Å². The maximum Gasteiger partial charge on any atom is 0.266 e. The Balaban J connectivity index is 1.09. The summed E-state index contributed by atoms with van der Waals surface area (Å²) in [6, 6.07) is 33.7. The first-order valence-corrected chi connectivity index (χ1v) is 16.9. The zero-order valence-corrected chi connectivity index (χ0v) is 29.4. The highest BCUT2D eigenvalue weighted by molar-refractivity contribution is 5.98. The molecule has 0 N–H and O–H groups in total. The molecule has 51 heavy (non-hydrogen) atoms. The molecule has 0 atom stereocenters. The number of fused-ring (bicyclic) bond motifs is 2. The van der Waals surface area contributed by atoms with Crippen LogP contribution in [-0.2, 0) is 17.9 Å². The number of rotatable bonds is 9. The molecule has 0 saturated heterocycles. The predicted octanol–water partition coefficient (Wildman–Crippen LogP) is 8.04. The minimum absolute atomic E-state index is 0.0759. The van der Waals surface area contributed by atoms with Gasteiger partial charge in [-0.3, -0.25) is 23.7 Å². The highest BCUT2D eigenvalue weighted by Gasteiger charge is 2.24. The molecule has 7 aromatic rings. The summed E-state index contributed by atoms with van der Waals surface area (Å²) in [4.78, 5) is 51.8. The molecule has 5 aromatic carbocycles. The summed E-state index contributed by atoms with van der Waals surface area (Å²) >= 11 is 0. The van der Waals surface area contributed by atoms with E-state index in [1.165, 1.54) is 24.7 Å². The first kappa shape index (κ1) is 33.5. The molecular weight excluding hydrogens is 640 g/mol. The quantitative estimate of drug-likeness (QED) is 0.153. The van der Waals surface area contributed by atoms with Crippen molar-refractivity contribution in [1.29, 1.82) is 0 Å². The van der Waals surface area contributed by atoms with Gasteiger partial charge in [-0.2, -0.15) is 0 Å². The molecule has 0 amide bonds. The maximum atomic E-state index is 13.4. The summed E-state index contributed by atoms with van der Waals surface area (Å²) in [5.74, 6) is 2.61. The molecule has 2 aromatic heterocycles. The van der Waals surface area contributed by atoms with Crippen LogP contribution in [0.15, 0.2) is 128 Å². The lowest BCUT2D eigenvalue weighted by Crippen LogP contribution is -2.23. The van der Waals surface area contributed by atoms with Crippen molar-refractivity contribution < 1.29 is 9.47 Å². The van der Waals surface area contributed by atoms with Crippen molar-refractivity contribution >= 4 is 21.5 Å². The van der Waals surface area contributed by atoms with Gasteiger partial charge in [0.05, 0.1) is 27.2 Å². The van der Waals surface area contributed by atoms with E-state index < -0.39 is 22.2 Å². The van der Waals surface area contributed by atoms with E-state index in [1.807, 2.05) is 48.5 Å². The number of aromatic nitrogens is 2. The average molecular weight is 679 g/mol. The molecule has 2 heterocycles. The number of hydrogen-bond acceptors (Lipinski definition) is 6. The second-order valence-corrected chi connectivity index (χ2v) is 14.2. The highest BCUT2D eigenvalue weighted by Crippen LogP contribution is 2.36. The fraction of sp³-hybridized carbons (Fsp3) is 0.209. The van der Waals surface area contributed by atoms with E-state index in [0.29, 0.717) is 17.2 Å². The van der Waals surface area contributed by atoms with Crippen LogP contribution < -0.4 is 31.7 Å². The molecule has 7 rings (SSSR count). The molecule has 8 heteroatoms. The van der Waals surface area contributed by atoms with Crippen molar-refractivity contribution in [1.82, 2.24) is 9.13 Å². The first-order valence-electron chi connectivity index (χ1n) is 16.9. The van der Waals surface area contributed by atoms with E-state index in [4.69, 9.17) is 9.47 Å². The highest BCUT2D eigenvalue weighted by atomic mass is 16.5. The van der Waals surface area contributed by atoms with Crippen LogP contribution in [-0.4, -0.2) is 9.13 Å². The van der Waals surface area contributed by atoms with Crippen molar-refractivity contribution in [2.24, 2.45) is 7.05 Å². The third kappa shape index (κ3) is 5.86. The molecule has 0 saturated carbocycles. The Morgan fingerprint density at radius 2 is 0.961 bits per heavy atom. The van der Waals surface area contributed by atoms with Crippen LogP contribution in [0.25, 0.3) is 27.2 Å². The Morgan fingerprint density at radius 3 is 1.45 bits per heavy atom. The minimum Gasteiger partial charge on any atom is -0.457 e. The van der Waals surface area contributed by atoms with E-state index in [1.54, 1.807) is 24.3 Å². The summed E-state index contributed by atoms with van der Waals surface area (Å²) in [7, 11) is 1.37. The predicted molar refractivity (Wildman–Crippen MR) is 202 cm³/mol. The molecular formula is C43H38N2O6. The third-order valence-corrected chi connectivity index (χ3v) is 10.3. The molecule has 0 unspecified atom stereocenters. The molecule has 0 aliphatic carbocycles. The fourth-order valence-electron chi connectivity index (χ4n) is 6.52. The summed E-state index contributed by atoms with van der Waals surface area (Å²) in [6.45, 7) is 11.0. The second-order valence-electron chi connectivity index (χ2n) is 14.2. The zero-order valence-electron chi connectivity index (χ0n) is 29.4. The maximum absolute atomic E-state index is 13.4. The average Bonchev–Trinajstić information content (AvgIpc) is 3.50. The summed E-state index contributed by atoms with van der Waals surface area (Å²) in [5, 5.41) is 0.408. The lowest BCUT2D eigenvalue weighted by atomic mass is 9.78. The van der Waals surface area contributed by atoms with Crippen LogP contribution in [0.1, 0.15) is 57.7 Å². The number of benzene rings is 5. The van der Waals surface area contributed by atoms with Gasteiger partial charge in [-0.1, -0.05) is 77.1 Å². The monoisotopic (exact) mass is 678 g/mol. The van der Waals surface area contributed by atoms with Crippen molar-refractivity contribution in [2.45, 2.75) is 51.9 Å². The Labute approximate surface area is 294 Å². The van der Waals surface area contributed by atoms with Gasteiger partial charge >= 0.3 is 0 Å². The largest absolute Gasteiger partial charge is 0.457 e. The number of ether oxygens (including phenoxy) is 2. The van der Waals surface area contributed by atoms with Crippen molar-refractivity contribution in [2.75, 3.05) is 0 Å². The number of hydrogen-bond donors (Lipinski definition) is 0.